The molecule has 3 aromatic rings. The summed E-state index contributed by atoms with van der Waals surface area (Å²) in [5.74, 6) is -0.232. The third kappa shape index (κ3) is 5.45. The molecule has 1 aliphatic rings. The van der Waals surface area contributed by atoms with Gasteiger partial charge in [-0.15, -0.1) is 0 Å². The van der Waals surface area contributed by atoms with Crippen molar-refractivity contribution >= 4 is 40.1 Å². The van der Waals surface area contributed by atoms with E-state index in [1.165, 1.54) is 0 Å². The summed E-state index contributed by atoms with van der Waals surface area (Å²) in [7, 11) is 4.03. The standard InChI is InChI=1S/C29H29N5O2/c1-20(35)34(17-7-16-33(2)3)24-13-11-23(12-14-24)31-28(22-8-5-4-6-9-22)27-25-15-10-21(19-30)18-26(25)32-29(27)36/h4-6,8-15,18,31H,7,16-17H2,1-3H3,(H,32,36). The van der Waals surface area contributed by atoms with Crippen LogP contribution < -0.4 is 15.5 Å². The molecule has 0 saturated carbocycles. The van der Waals surface area contributed by atoms with Crippen LogP contribution in [0, 0.1) is 11.3 Å². The zero-order chi connectivity index (χ0) is 25.7. The van der Waals surface area contributed by atoms with E-state index in [4.69, 9.17) is 0 Å². The Morgan fingerprint density at radius 1 is 1.00 bits per heavy atom. The van der Waals surface area contributed by atoms with Gasteiger partial charge in [0.05, 0.1) is 28.6 Å². The number of fused-ring (bicyclic) bond motifs is 1. The lowest BCUT2D eigenvalue weighted by Crippen LogP contribution is -2.31. The minimum absolute atomic E-state index is 0.00229. The molecule has 1 heterocycles. The van der Waals surface area contributed by atoms with Gasteiger partial charge in [0.15, 0.2) is 0 Å². The highest BCUT2D eigenvalue weighted by molar-refractivity contribution is 6.37. The van der Waals surface area contributed by atoms with Crippen LogP contribution >= 0.6 is 0 Å². The first-order valence-corrected chi connectivity index (χ1v) is 11.8. The van der Waals surface area contributed by atoms with E-state index in [1.54, 1.807) is 30.0 Å². The van der Waals surface area contributed by atoms with Crippen LogP contribution in [0.4, 0.5) is 17.1 Å². The Balaban J connectivity index is 1.68. The van der Waals surface area contributed by atoms with Crippen LogP contribution in [0.5, 0.6) is 0 Å². The average Bonchev–Trinajstić information content (AvgIpc) is 3.20. The SMILES string of the molecule is CC(=O)N(CCCN(C)C)c1ccc(NC(=C2C(=O)Nc3cc(C#N)ccc32)c2ccccc2)cc1. The molecule has 1 aliphatic heterocycles. The summed E-state index contributed by atoms with van der Waals surface area (Å²) >= 11 is 0. The molecule has 0 radical (unpaired) electrons. The second-order valence-electron chi connectivity index (χ2n) is 8.94. The maximum Gasteiger partial charge on any atom is 0.258 e. The number of rotatable bonds is 8. The molecule has 2 amide bonds. The van der Waals surface area contributed by atoms with Gasteiger partial charge < -0.3 is 20.4 Å². The van der Waals surface area contributed by atoms with E-state index in [9.17, 15) is 14.9 Å². The smallest absolute Gasteiger partial charge is 0.258 e. The van der Waals surface area contributed by atoms with Crippen LogP contribution in [0.15, 0.2) is 72.8 Å². The van der Waals surface area contributed by atoms with E-state index >= 15 is 0 Å². The van der Waals surface area contributed by atoms with E-state index in [0.717, 1.165) is 35.5 Å². The maximum atomic E-state index is 13.1. The highest BCUT2D eigenvalue weighted by Crippen LogP contribution is 2.38. The highest BCUT2D eigenvalue weighted by atomic mass is 16.2. The van der Waals surface area contributed by atoms with Crippen LogP contribution in [0.2, 0.25) is 0 Å². The lowest BCUT2D eigenvalue weighted by molar-refractivity contribution is -0.116. The summed E-state index contributed by atoms with van der Waals surface area (Å²) in [6, 6.07) is 24.6. The molecular formula is C29H29N5O2. The fourth-order valence-electron chi connectivity index (χ4n) is 4.26. The first-order valence-electron chi connectivity index (χ1n) is 11.8. The Morgan fingerprint density at radius 2 is 1.72 bits per heavy atom. The maximum absolute atomic E-state index is 13.1. The number of nitrogens with zero attached hydrogens (tertiary/aromatic N) is 3. The molecule has 182 valence electrons. The van der Waals surface area contributed by atoms with Crippen molar-refractivity contribution in [3.05, 3.63) is 89.5 Å². The largest absolute Gasteiger partial charge is 0.354 e. The zero-order valence-electron chi connectivity index (χ0n) is 20.7. The Kier molecular flexibility index (Phi) is 7.47. The second-order valence-corrected chi connectivity index (χ2v) is 8.94. The van der Waals surface area contributed by atoms with Crippen molar-refractivity contribution in [3.63, 3.8) is 0 Å². The Labute approximate surface area is 211 Å². The van der Waals surface area contributed by atoms with E-state index in [-0.39, 0.29) is 11.8 Å². The first-order chi connectivity index (χ1) is 17.4. The molecule has 7 nitrogen and oxygen atoms in total. The topological polar surface area (TPSA) is 88.5 Å². The van der Waals surface area contributed by atoms with Crippen LogP contribution in [-0.2, 0) is 9.59 Å². The van der Waals surface area contributed by atoms with Crippen molar-refractivity contribution in [1.82, 2.24) is 4.90 Å². The molecule has 0 aliphatic carbocycles. The van der Waals surface area contributed by atoms with Crippen LogP contribution in [-0.4, -0.2) is 43.9 Å². The number of hydrogen-bond acceptors (Lipinski definition) is 5. The molecule has 0 unspecified atom stereocenters. The Bertz CT molecular complexity index is 1340. The zero-order valence-corrected chi connectivity index (χ0v) is 20.7. The van der Waals surface area contributed by atoms with Crippen molar-refractivity contribution in [2.24, 2.45) is 0 Å². The van der Waals surface area contributed by atoms with E-state index in [0.29, 0.717) is 29.1 Å². The molecule has 0 bridgehead atoms. The van der Waals surface area contributed by atoms with Gasteiger partial charge in [-0.3, -0.25) is 9.59 Å². The van der Waals surface area contributed by atoms with E-state index in [2.05, 4.69) is 21.6 Å². The monoisotopic (exact) mass is 479 g/mol. The number of benzene rings is 3. The summed E-state index contributed by atoms with van der Waals surface area (Å²) in [6.07, 6.45) is 0.874. The number of anilines is 3. The lowest BCUT2D eigenvalue weighted by Gasteiger charge is -2.23. The van der Waals surface area contributed by atoms with Gasteiger partial charge in [0, 0.05) is 30.4 Å². The predicted octanol–water partition coefficient (Wildman–Crippen LogP) is 4.80. The van der Waals surface area contributed by atoms with Crippen molar-refractivity contribution in [1.29, 1.82) is 5.26 Å². The molecule has 0 fully saturated rings. The predicted molar refractivity (Wildman–Crippen MR) is 144 cm³/mol. The fraction of sp³-hybridized carbons (Fsp3) is 0.207. The van der Waals surface area contributed by atoms with Gasteiger partial charge in [-0.25, -0.2) is 0 Å². The molecule has 0 atom stereocenters. The summed E-state index contributed by atoms with van der Waals surface area (Å²) < 4.78 is 0. The number of nitriles is 1. The Morgan fingerprint density at radius 3 is 2.36 bits per heavy atom. The van der Waals surface area contributed by atoms with Crippen LogP contribution in [0.25, 0.3) is 11.3 Å². The third-order valence-electron chi connectivity index (χ3n) is 6.02. The van der Waals surface area contributed by atoms with Crippen molar-refractivity contribution < 1.29 is 9.59 Å². The van der Waals surface area contributed by atoms with Crippen molar-refractivity contribution in [2.45, 2.75) is 13.3 Å². The lowest BCUT2D eigenvalue weighted by atomic mass is 9.99. The van der Waals surface area contributed by atoms with Gasteiger partial charge in [0.2, 0.25) is 5.91 Å². The summed E-state index contributed by atoms with van der Waals surface area (Å²) in [5.41, 5.74) is 5.50. The molecule has 0 saturated heterocycles. The van der Waals surface area contributed by atoms with Crippen LogP contribution in [0.3, 0.4) is 0 Å². The second kappa shape index (κ2) is 10.9. The van der Waals surface area contributed by atoms with Crippen molar-refractivity contribution in [3.8, 4) is 6.07 Å². The number of carbonyl (C=O) groups excluding carboxylic acids is 2. The molecule has 3 aromatic carbocycles. The number of nitrogens with one attached hydrogen (secondary N) is 2. The third-order valence-corrected chi connectivity index (χ3v) is 6.02. The molecule has 0 spiro atoms. The summed E-state index contributed by atoms with van der Waals surface area (Å²) in [6.45, 7) is 3.12. The van der Waals surface area contributed by atoms with Gasteiger partial charge in [0.1, 0.15) is 0 Å². The molecule has 36 heavy (non-hydrogen) atoms. The van der Waals surface area contributed by atoms with Gasteiger partial charge in [-0.1, -0.05) is 36.4 Å². The van der Waals surface area contributed by atoms with Gasteiger partial charge in [0.25, 0.3) is 5.91 Å². The molecular weight excluding hydrogens is 450 g/mol. The normalized spacial score (nSPS) is 13.6. The van der Waals surface area contributed by atoms with Crippen LogP contribution in [0.1, 0.15) is 30.0 Å². The number of carbonyl (C=O) groups is 2. The minimum atomic E-state index is -0.230. The molecule has 0 aromatic heterocycles. The molecule has 7 heteroatoms. The number of hydrogen-bond donors (Lipinski definition) is 2. The van der Waals surface area contributed by atoms with Gasteiger partial charge in [-0.2, -0.15) is 5.26 Å². The van der Waals surface area contributed by atoms with Gasteiger partial charge in [-0.05, 0) is 69.0 Å². The minimum Gasteiger partial charge on any atom is -0.354 e. The number of amides is 2. The molecule has 2 N–H and O–H groups in total. The quantitative estimate of drug-likeness (QED) is 0.453. The highest BCUT2D eigenvalue weighted by Gasteiger charge is 2.28. The Hall–Kier alpha value is -4.41. The summed E-state index contributed by atoms with van der Waals surface area (Å²) in [5, 5.41) is 15.6. The molecule has 4 rings (SSSR count). The van der Waals surface area contributed by atoms with E-state index < -0.39 is 0 Å². The van der Waals surface area contributed by atoms with E-state index in [1.807, 2.05) is 68.7 Å². The average molecular weight is 480 g/mol. The first kappa shape index (κ1) is 24.7. The van der Waals surface area contributed by atoms with Crippen molar-refractivity contribution in [2.75, 3.05) is 42.7 Å². The van der Waals surface area contributed by atoms with Gasteiger partial charge >= 0.3 is 0 Å². The fourth-order valence-corrected chi connectivity index (χ4v) is 4.26. The summed E-state index contributed by atoms with van der Waals surface area (Å²) in [4.78, 5) is 29.2.